The fourth-order valence-electron chi connectivity index (χ4n) is 2.65. The molecule has 0 saturated heterocycles. The van der Waals surface area contributed by atoms with Gasteiger partial charge in [0.15, 0.2) is 0 Å². The minimum atomic E-state index is 0.0390. The summed E-state index contributed by atoms with van der Waals surface area (Å²) in [6.45, 7) is 1.11. The minimum Gasteiger partial charge on any atom is -0.341 e. The predicted molar refractivity (Wildman–Crippen MR) is 82.9 cm³/mol. The Balaban J connectivity index is 1.97. The van der Waals surface area contributed by atoms with E-state index in [1.165, 1.54) is 6.42 Å². The largest absolute Gasteiger partial charge is 0.341 e. The summed E-state index contributed by atoms with van der Waals surface area (Å²) in [5.74, 6) is 0.131. The van der Waals surface area contributed by atoms with E-state index in [-0.39, 0.29) is 11.3 Å². The molecule has 5 heteroatoms. The van der Waals surface area contributed by atoms with E-state index in [0.717, 1.165) is 18.4 Å². The first-order valence-electron chi connectivity index (χ1n) is 6.83. The molecule has 0 aliphatic heterocycles. The van der Waals surface area contributed by atoms with Gasteiger partial charge >= 0.3 is 0 Å². The Hall–Kier alpha value is -0.770. The number of carbonyl (C=O) groups is 1. The summed E-state index contributed by atoms with van der Waals surface area (Å²) in [5, 5.41) is 1.18. The molecule has 0 unspecified atom stereocenters. The quantitative estimate of drug-likeness (QED) is 0.904. The summed E-state index contributed by atoms with van der Waals surface area (Å²) in [6.07, 6.45) is 3.84. The smallest absolute Gasteiger partial charge is 0.223 e. The first kappa shape index (κ1) is 15.6. The number of halogens is 2. The fraction of sp³-hybridized carbons (Fsp3) is 0.533. The van der Waals surface area contributed by atoms with E-state index < -0.39 is 0 Å². The van der Waals surface area contributed by atoms with Gasteiger partial charge in [0, 0.05) is 30.1 Å². The van der Waals surface area contributed by atoms with E-state index in [9.17, 15) is 4.79 Å². The molecule has 1 aliphatic rings. The van der Waals surface area contributed by atoms with E-state index in [0.29, 0.717) is 29.6 Å². The topological polar surface area (TPSA) is 46.3 Å². The van der Waals surface area contributed by atoms with Gasteiger partial charge in [-0.05, 0) is 48.6 Å². The van der Waals surface area contributed by atoms with Crippen LogP contribution in [0, 0.1) is 5.41 Å². The van der Waals surface area contributed by atoms with Gasteiger partial charge in [-0.1, -0.05) is 29.6 Å². The molecule has 1 aliphatic carbocycles. The fourth-order valence-corrected chi connectivity index (χ4v) is 3.22. The van der Waals surface area contributed by atoms with E-state index >= 15 is 0 Å². The predicted octanol–water partition coefficient (Wildman–Crippen LogP) is 3.47. The van der Waals surface area contributed by atoms with Crippen molar-refractivity contribution in [3.8, 4) is 0 Å². The second-order valence-corrected chi connectivity index (χ2v) is 6.63. The molecule has 0 bridgehead atoms. The van der Waals surface area contributed by atoms with Crippen molar-refractivity contribution in [1.82, 2.24) is 4.90 Å². The van der Waals surface area contributed by atoms with Crippen LogP contribution in [0.2, 0.25) is 10.0 Å². The van der Waals surface area contributed by atoms with Gasteiger partial charge in [0.25, 0.3) is 0 Å². The maximum Gasteiger partial charge on any atom is 0.223 e. The average Bonchev–Trinajstić information content (AvgIpc) is 2.32. The molecular weight excluding hydrogens is 295 g/mol. The minimum absolute atomic E-state index is 0.0390. The summed E-state index contributed by atoms with van der Waals surface area (Å²) < 4.78 is 0. The lowest BCUT2D eigenvalue weighted by molar-refractivity contribution is -0.134. The van der Waals surface area contributed by atoms with Crippen molar-refractivity contribution in [2.45, 2.75) is 32.2 Å². The monoisotopic (exact) mass is 314 g/mol. The zero-order valence-corrected chi connectivity index (χ0v) is 13.2. The van der Waals surface area contributed by atoms with E-state index in [1.807, 2.05) is 12.1 Å². The summed E-state index contributed by atoms with van der Waals surface area (Å²) >= 11 is 11.9. The second kappa shape index (κ2) is 6.33. The molecule has 0 aromatic heterocycles. The Bertz CT molecular complexity index is 475. The van der Waals surface area contributed by atoms with Gasteiger partial charge in [-0.25, -0.2) is 0 Å². The first-order chi connectivity index (χ1) is 9.44. The summed E-state index contributed by atoms with van der Waals surface area (Å²) in [4.78, 5) is 14.0. The van der Waals surface area contributed by atoms with Crippen LogP contribution in [-0.2, 0) is 11.3 Å². The zero-order chi connectivity index (χ0) is 14.8. The van der Waals surface area contributed by atoms with Crippen LogP contribution in [0.5, 0.6) is 0 Å². The van der Waals surface area contributed by atoms with Gasteiger partial charge in [-0.15, -0.1) is 0 Å². The van der Waals surface area contributed by atoms with Crippen LogP contribution in [0.25, 0.3) is 0 Å². The number of amides is 1. The van der Waals surface area contributed by atoms with Crippen molar-refractivity contribution in [1.29, 1.82) is 0 Å². The van der Waals surface area contributed by atoms with Crippen molar-refractivity contribution < 1.29 is 4.79 Å². The van der Waals surface area contributed by atoms with Crippen molar-refractivity contribution in [3.63, 3.8) is 0 Å². The van der Waals surface area contributed by atoms with Gasteiger partial charge in [-0.3, -0.25) is 4.79 Å². The lowest BCUT2D eigenvalue weighted by Gasteiger charge is -2.41. The van der Waals surface area contributed by atoms with Crippen molar-refractivity contribution >= 4 is 29.1 Å². The van der Waals surface area contributed by atoms with Crippen molar-refractivity contribution in [2.75, 3.05) is 13.6 Å². The SMILES string of the molecule is CN(Cc1cc(Cl)cc(Cl)c1)C(=O)CC1(CN)CCC1. The van der Waals surface area contributed by atoms with Crippen LogP contribution in [0.1, 0.15) is 31.2 Å². The van der Waals surface area contributed by atoms with Crippen molar-refractivity contribution in [2.24, 2.45) is 11.1 Å². The molecule has 20 heavy (non-hydrogen) atoms. The van der Waals surface area contributed by atoms with Gasteiger partial charge in [0.05, 0.1) is 0 Å². The molecule has 0 spiro atoms. The Morgan fingerprint density at radius 3 is 2.35 bits per heavy atom. The Labute approximate surface area is 130 Å². The molecule has 0 radical (unpaired) electrons. The number of hydrogen-bond acceptors (Lipinski definition) is 2. The standard InChI is InChI=1S/C15H20Cl2N2O/c1-19(9-11-5-12(16)7-13(17)6-11)14(20)8-15(10-18)3-2-4-15/h5-7H,2-4,8-10,18H2,1H3. The Morgan fingerprint density at radius 1 is 1.30 bits per heavy atom. The van der Waals surface area contributed by atoms with E-state index in [4.69, 9.17) is 28.9 Å². The van der Waals surface area contributed by atoms with Crippen LogP contribution >= 0.6 is 23.2 Å². The van der Waals surface area contributed by atoms with E-state index in [1.54, 1.807) is 18.0 Å². The van der Waals surface area contributed by atoms with Crippen LogP contribution in [0.4, 0.5) is 0 Å². The highest BCUT2D eigenvalue weighted by atomic mass is 35.5. The highest BCUT2D eigenvalue weighted by molar-refractivity contribution is 6.34. The maximum absolute atomic E-state index is 12.3. The Kier molecular flexibility index (Phi) is 4.95. The summed E-state index contributed by atoms with van der Waals surface area (Å²) in [5.41, 5.74) is 6.78. The molecule has 2 N–H and O–H groups in total. The maximum atomic E-state index is 12.3. The van der Waals surface area contributed by atoms with Gasteiger partial charge < -0.3 is 10.6 Å². The first-order valence-corrected chi connectivity index (χ1v) is 7.59. The summed E-state index contributed by atoms with van der Waals surface area (Å²) in [6, 6.07) is 5.35. The van der Waals surface area contributed by atoms with Gasteiger partial charge in [-0.2, -0.15) is 0 Å². The molecular formula is C15H20Cl2N2O. The van der Waals surface area contributed by atoms with E-state index in [2.05, 4.69) is 0 Å². The summed E-state index contributed by atoms with van der Waals surface area (Å²) in [7, 11) is 1.81. The van der Waals surface area contributed by atoms with Crippen LogP contribution < -0.4 is 5.73 Å². The lowest BCUT2D eigenvalue weighted by atomic mass is 9.66. The zero-order valence-electron chi connectivity index (χ0n) is 11.7. The number of hydrogen-bond donors (Lipinski definition) is 1. The molecule has 1 aromatic rings. The number of nitrogens with zero attached hydrogens (tertiary/aromatic N) is 1. The van der Waals surface area contributed by atoms with Crippen LogP contribution in [0.15, 0.2) is 18.2 Å². The number of carbonyl (C=O) groups excluding carboxylic acids is 1. The molecule has 2 rings (SSSR count). The molecule has 1 fully saturated rings. The molecule has 110 valence electrons. The number of nitrogens with two attached hydrogens (primary N) is 1. The number of benzene rings is 1. The number of rotatable bonds is 5. The Morgan fingerprint density at radius 2 is 1.90 bits per heavy atom. The highest BCUT2D eigenvalue weighted by Gasteiger charge is 2.38. The molecule has 1 saturated carbocycles. The molecule has 1 amide bonds. The molecule has 3 nitrogen and oxygen atoms in total. The van der Waals surface area contributed by atoms with Crippen LogP contribution in [0.3, 0.4) is 0 Å². The second-order valence-electron chi connectivity index (χ2n) is 5.76. The third-order valence-electron chi connectivity index (χ3n) is 4.14. The van der Waals surface area contributed by atoms with Gasteiger partial charge in [0.1, 0.15) is 0 Å². The van der Waals surface area contributed by atoms with Crippen LogP contribution in [-0.4, -0.2) is 24.4 Å². The normalized spacial score (nSPS) is 16.6. The third-order valence-corrected chi connectivity index (χ3v) is 4.58. The lowest BCUT2D eigenvalue weighted by Crippen LogP contribution is -2.42. The highest BCUT2D eigenvalue weighted by Crippen LogP contribution is 2.43. The molecule has 1 aromatic carbocycles. The van der Waals surface area contributed by atoms with Crippen molar-refractivity contribution in [3.05, 3.63) is 33.8 Å². The van der Waals surface area contributed by atoms with Gasteiger partial charge in [0.2, 0.25) is 5.91 Å². The third kappa shape index (κ3) is 3.66. The average molecular weight is 315 g/mol. The molecule has 0 heterocycles. The molecule has 0 atom stereocenters.